The van der Waals surface area contributed by atoms with Gasteiger partial charge in [-0.25, -0.2) is 0 Å². The van der Waals surface area contributed by atoms with Crippen molar-refractivity contribution in [3.05, 3.63) is 23.8 Å². The van der Waals surface area contributed by atoms with Gasteiger partial charge in [-0.3, -0.25) is 4.79 Å². The van der Waals surface area contributed by atoms with Gasteiger partial charge in [0.2, 0.25) is 0 Å². The van der Waals surface area contributed by atoms with Crippen LogP contribution in [0.15, 0.2) is 23.8 Å². The summed E-state index contributed by atoms with van der Waals surface area (Å²) in [7, 11) is 0. The van der Waals surface area contributed by atoms with Gasteiger partial charge in [-0.2, -0.15) is 0 Å². The maximum atomic E-state index is 11.5. The molecule has 0 aromatic carbocycles. The van der Waals surface area contributed by atoms with Gasteiger partial charge >= 0.3 is 0 Å². The molecule has 1 unspecified atom stereocenters. The number of ketones is 1. The van der Waals surface area contributed by atoms with Gasteiger partial charge in [0.25, 0.3) is 0 Å². The number of rotatable bonds is 1. The average molecular weight is 178 g/mol. The van der Waals surface area contributed by atoms with Crippen LogP contribution in [0.1, 0.15) is 19.3 Å². The first kappa shape index (κ1) is 8.70. The third-order valence-electron chi connectivity index (χ3n) is 2.59. The molecule has 0 saturated carbocycles. The van der Waals surface area contributed by atoms with Gasteiger partial charge in [-0.1, -0.05) is 18.2 Å². The lowest BCUT2D eigenvalue weighted by molar-refractivity contribution is -0.128. The highest BCUT2D eigenvalue weighted by molar-refractivity contribution is 5.85. The van der Waals surface area contributed by atoms with Crippen LogP contribution in [0, 0.1) is 5.92 Å². The summed E-state index contributed by atoms with van der Waals surface area (Å²) in [5, 5.41) is 0. The first-order valence-corrected chi connectivity index (χ1v) is 4.85. The number of Topliss-reactive ketones (excluding diaryl/α,β-unsaturated/α-hetero) is 1. The zero-order chi connectivity index (χ0) is 9.10. The largest absolute Gasteiger partial charge is 0.380 e. The van der Waals surface area contributed by atoms with Crippen LogP contribution in [-0.4, -0.2) is 19.0 Å². The third-order valence-corrected chi connectivity index (χ3v) is 2.59. The second-order valence-corrected chi connectivity index (χ2v) is 3.53. The van der Waals surface area contributed by atoms with Crippen molar-refractivity contribution >= 4 is 5.78 Å². The second kappa shape index (κ2) is 3.88. The van der Waals surface area contributed by atoms with Crippen molar-refractivity contribution in [2.45, 2.75) is 19.3 Å². The van der Waals surface area contributed by atoms with Crippen LogP contribution < -0.4 is 0 Å². The molecule has 70 valence electrons. The molecule has 1 saturated heterocycles. The molecule has 1 aliphatic carbocycles. The van der Waals surface area contributed by atoms with E-state index in [4.69, 9.17) is 4.74 Å². The Hall–Kier alpha value is -0.890. The summed E-state index contributed by atoms with van der Waals surface area (Å²) >= 11 is 0. The Labute approximate surface area is 78.3 Å². The fourth-order valence-electron chi connectivity index (χ4n) is 1.82. The molecule has 1 fully saturated rings. The van der Waals surface area contributed by atoms with Gasteiger partial charge < -0.3 is 4.74 Å². The number of carbonyl (C=O) groups excluding carboxylic acids is 1. The second-order valence-electron chi connectivity index (χ2n) is 3.53. The molecule has 0 aromatic heterocycles. The van der Waals surface area contributed by atoms with Crippen LogP contribution in [0.5, 0.6) is 0 Å². The van der Waals surface area contributed by atoms with E-state index in [1.54, 1.807) is 0 Å². The molecular weight excluding hydrogens is 164 g/mol. The first-order chi connectivity index (χ1) is 6.38. The van der Waals surface area contributed by atoms with Crippen LogP contribution in [0.2, 0.25) is 0 Å². The normalized spacial score (nSPS) is 28.8. The number of allylic oxidation sites excluding steroid dienone is 3. The van der Waals surface area contributed by atoms with Crippen LogP contribution in [0.3, 0.4) is 0 Å². The molecule has 1 heterocycles. The smallest absolute Gasteiger partial charge is 0.144 e. The van der Waals surface area contributed by atoms with Gasteiger partial charge in [-0.15, -0.1) is 0 Å². The molecule has 0 N–H and O–H groups in total. The van der Waals surface area contributed by atoms with E-state index >= 15 is 0 Å². The van der Waals surface area contributed by atoms with Crippen molar-refractivity contribution in [1.82, 2.24) is 0 Å². The van der Waals surface area contributed by atoms with Crippen LogP contribution >= 0.6 is 0 Å². The molecule has 13 heavy (non-hydrogen) atoms. The van der Waals surface area contributed by atoms with Crippen molar-refractivity contribution in [2.75, 3.05) is 13.2 Å². The summed E-state index contributed by atoms with van der Waals surface area (Å²) in [6.07, 6.45) is 9.12. The molecule has 0 radical (unpaired) electrons. The number of hydrogen-bond donors (Lipinski definition) is 0. The van der Waals surface area contributed by atoms with Gasteiger partial charge in [0.15, 0.2) is 0 Å². The zero-order valence-corrected chi connectivity index (χ0v) is 7.66. The predicted molar refractivity (Wildman–Crippen MR) is 50.4 cm³/mol. The molecule has 0 aromatic rings. The topological polar surface area (TPSA) is 26.3 Å². The number of ether oxygens (including phenoxy) is 1. The molecule has 0 spiro atoms. The quantitative estimate of drug-likeness (QED) is 0.612. The standard InChI is InChI=1S/C11H14O2/c12-11-6-7-13-8-10(11)9-4-2-1-3-5-9/h2,4-5,10H,1,3,6-8H2. The Kier molecular flexibility index (Phi) is 2.60. The van der Waals surface area contributed by atoms with Gasteiger partial charge in [0.05, 0.1) is 19.1 Å². The average Bonchev–Trinajstić information content (AvgIpc) is 2.20. The Morgan fingerprint density at radius 2 is 2.31 bits per heavy atom. The summed E-state index contributed by atoms with van der Waals surface area (Å²) in [4.78, 5) is 11.5. The molecule has 2 heteroatoms. The van der Waals surface area contributed by atoms with E-state index in [0.717, 1.165) is 18.4 Å². The Balaban J connectivity index is 2.09. The SMILES string of the molecule is O=C1CCOCC1C1=CCCC=C1. The van der Waals surface area contributed by atoms with E-state index in [-0.39, 0.29) is 5.92 Å². The maximum Gasteiger partial charge on any atom is 0.144 e. The van der Waals surface area contributed by atoms with Crippen molar-refractivity contribution in [3.8, 4) is 0 Å². The Morgan fingerprint density at radius 1 is 1.38 bits per heavy atom. The minimum absolute atomic E-state index is 0.0188. The highest BCUT2D eigenvalue weighted by Crippen LogP contribution is 2.23. The predicted octanol–water partition coefficient (Wildman–Crippen LogP) is 1.87. The Bertz CT molecular complexity index is 263. The van der Waals surface area contributed by atoms with E-state index in [1.807, 2.05) is 0 Å². The van der Waals surface area contributed by atoms with Crippen LogP contribution in [0.4, 0.5) is 0 Å². The molecular formula is C11H14O2. The molecule has 0 bridgehead atoms. The highest BCUT2D eigenvalue weighted by atomic mass is 16.5. The van der Waals surface area contributed by atoms with E-state index < -0.39 is 0 Å². The van der Waals surface area contributed by atoms with Crippen molar-refractivity contribution in [3.63, 3.8) is 0 Å². The van der Waals surface area contributed by atoms with Crippen molar-refractivity contribution in [2.24, 2.45) is 5.92 Å². The van der Waals surface area contributed by atoms with E-state index in [2.05, 4.69) is 18.2 Å². The molecule has 2 rings (SSSR count). The summed E-state index contributed by atoms with van der Waals surface area (Å²) in [6, 6.07) is 0. The molecule has 1 atom stereocenters. The maximum absolute atomic E-state index is 11.5. The van der Waals surface area contributed by atoms with Crippen molar-refractivity contribution < 1.29 is 9.53 Å². The number of carbonyl (C=O) groups is 1. The van der Waals surface area contributed by atoms with Gasteiger partial charge in [0, 0.05) is 6.42 Å². The van der Waals surface area contributed by atoms with Gasteiger partial charge in [-0.05, 0) is 18.4 Å². The molecule has 0 amide bonds. The summed E-state index contributed by atoms with van der Waals surface area (Å²) < 4.78 is 5.31. The van der Waals surface area contributed by atoms with Crippen molar-refractivity contribution in [1.29, 1.82) is 0 Å². The minimum atomic E-state index is 0.0188. The number of hydrogen-bond acceptors (Lipinski definition) is 2. The van der Waals surface area contributed by atoms with E-state index in [0.29, 0.717) is 25.4 Å². The van der Waals surface area contributed by atoms with Crippen LogP contribution in [0.25, 0.3) is 0 Å². The summed E-state index contributed by atoms with van der Waals surface area (Å²) in [5.41, 5.74) is 1.16. The molecule has 1 aliphatic heterocycles. The fourth-order valence-corrected chi connectivity index (χ4v) is 1.82. The van der Waals surface area contributed by atoms with E-state index in [9.17, 15) is 4.79 Å². The third kappa shape index (κ3) is 1.89. The van der Waals surface area contributed by atoms with Crippen LogP contribution in [-0.2, 0) is 9.53 Å². The highest BCUT2D eigenvalue weighted by Gasteiger charge is 2.25. The summed E-state index contributed by atoms with van der Waals surface area (Å²) in [6.45, 7) is 1.18. The fraction of sp³-hybridized carbons (Fsp3) is 0.545. The molecule has 2 nitrogen and oxygen atoms in total. The lowest BCUT2D eigenvalue weighted by Gasteiger charge is -2.23. The Morgan fingerprint density at radius 3 is 3.00 bits per heavy atom. The van der Waals surface area contributed by atoms with Gasteiger partial charge in [0.1, 0.15) is 5.78 Å². The zero-order valence-electron chi connectivity index (χ0n) is 7.66. The molecule has 2 aliphatic rings. The lowest BCUT2D eigenvalue weighted by atomic mass is 9.89. The minimum Gasteiger partial charge on any atom is -0.380 e. The lowest BCUT2D eigenvalue weighted by Crippen LogP contribution is -2.28. The first-order valence-electron chi connectivity index (χ1n) is 4.85. The monoisotopic (exact) mass is 178 g/mol. The summed E-state index contributed by atoms with van der Waals surface area (Å²) in [5.74, 6) is 0.356. The van der Waals surface area contributed by atoms with E-state index in [1.165, 1.54) is 0 Å².